The average Bonchev–Trinajstić information content (AvgIpc) is 2.48. The summed E-state index contributed by atoms with van der Waals surface area (Å²) in [7, 11) is 0. The van der Waals surface area contributed by atoms with Crippen molar-refractivity contribution < 1.29 is 0 Å². The van der Waals surface area contributed by atoms with Crippen LogP contribution in [0.15, 0.2) is 48.7 Å². The van der Waals surface area contributed by atoms with Crippen molar-refractivity contribution in [3.63, 3.8) is 0 Å². The molecular formula is C16H19N3S. The molecule has 2 N–H and O–H groups in total. The lowest BCUT2D eigenvalue weighted by Crippen LogP contribution is -2.23. The first-order valence-electron chi connectivity index (χ1n) is 6.70. The summed E-state index contributed by atoms with van der Waals surface area (Å²) in [6, 6.07) is 14.1. The van der Waals surface area contributed by atoms with E-state index >= 15 is 0 Å². The van der Waals surface area contributed by atoms with Gasteiger partial charge in [-0.3, -0.25) is 9.88 Å². The fourth-order valence-corrected chi connectivity index (χ4v) is 2.21. The van der Waals surface area contributed by atoms with Crippen LogP contribution in [-0.2, 0) is 13.1 Å². The Morgan fingerprint density at radius 1 is 1.20 bits per heavy atom. The lowest BCUT2D eigenvalue weighted by atomic mass is 10.1. The molecule has 0 aliphatic carbocycles. The number of aromatic nitrogens is 1. The van der Waals surface area contributed by atoms with Gasteiger partial charge in [-0.2, -0.15) is 0 Å². The minimum absolute atomic E-state index is 0.444. The Hall–Kier alpha value is -1.78. The standard InChI is InChI=1S/C16H19N3S/c1-2-19(12-15-8-3-4-9-18-15)11-13-6-5-7-14(10-13)16(17)20/h3-10H,2,11-12H2,1H3,(H2,17,20). The van der Waals surface area contributed by atoms with Gasteiger partial charge in [-0.15, -0.1) is 0 Å². The smallest absolute Gasteiger partial charge is 0.103 e. The maximum absolute atomic E-state index is 5.68. The molecule has 0 spiro atoms. The molecule has 0 aliphatic rings. The zero-order chi connectivity index (χ0) is 14.4. The summed E-state index contributed by atoms with van der Waals surface area (Å²) in [6.45, 7) is 4.83. The first kappa shape index (κ1) is 14.6. The van der Waals surface area contributed by atoms with E-state index in [9.17, 15) is 0 Å². The molecule has 0 bridgehead atoms. The zero-order valence-electron chi connectivity index (χ0n) is 11.6. The number of benzene rings is 1. The first-order valence-corrected chi connectivity index (χ1v) is 7.11. The molecule has 2 aromatic rings. The minimum atomic E-state index is 0.444. The Labute approximate surface area is 125 Å². The van der Waals surface area contributed by atoms with Gasteiger partial charge in [-0.1, -0.05) is 43.4 Å². The number of rotatable bonds is 6. The highest BCUT2D eigenvalue weighted by Gasteiger charge is 2.06. The third-order valence-electron chi connectivity index (χ3n) is 3.18. The van der Waals surface area contributed by atoms with Crippen LogP contribution in [-0.4, -0.2) is 21.4 Å². The fraction of sp³-hybridized carbons (Fsp3) is 0.250. The van der Waals surface area contributed by atoms with Crippen molar-refractivity contribution in [2.75, 3.05) is 6.54 Å². The summed E-state index contributed by atoms with van der Waals surface area (Å²) in [5, 5.41) is 0. The van der Waals surface area contributed by atoms with E-state index in [4.69, 9.17) is 18.0 Å². The highest BCUT2D eigenvalue weighted by atomic mass is 32.1. The van der Waals surface area contributed by atoms with E-state index in [1.807, 2.05) is 36.5 Å². The van der Waals surface area contributed by atoms with E-state index in [1.54, 1.807) is 0 Å². The average molecular weight is 285 g/mol. The SMILES string of the molecule is CCN(Cc1cccc(C(N)=S)c1)Cc1ccccn1. The highest BCUT2D eigenvalue weighted by molar-refractivity contribution is 7.80. The van der Waals surface area contributed by atoms with E-state index in [0.717, 1.165) is 30.9 Å². The van der Waals surface area contributed by atoms with E-state index < -0.39 is 0 Å². The maximum Gasteiger partial charge on any atom is 0.103 e. The van der Waals surface area contributed by atoms with Gasteiger partial charge in [0, 0.05) is 24.8 Å². The Morgan fingerprint density at radius 2 is 2.05 bits per heavy atom. The van der Waals surface area contributed by atoms with Crippen molar-refractivity contribution in [1.29, 1.82) is 0 Å². The van der Waals surface area contributed by atoms with Crippen molar-refractivity contribution in [3.8, 4) is 0 Å². The van der Waals surface area contributed by atoms with Crippen molar-refractivity contribution in [3.05, 3.63) is 65.5 Å². The number of hydrogen-bond donors (Lipinski definition) is 1. The highest BCUT2D eigenvalue weighted by Crippen LogP contribution is 2.10. The fourth-order valence-electron chi connectivity index (χ4n) is 2.08. The van der Waals surface area contributed by atoms with E-state index in [0.29, 0.717) is 4.99 Å². The zero-order valence-corrected chi connectivity index (χ0v) is 12.4. The van der Waals surface area contributed by atoms with E-state index in [2.05, 4.69) is 28.9 Å². The molecule has 0 radical (unpaired) electrons. The summed E-state index contributed by atoms with van der Waals surface area (Å²) in [5.74, 6) is 0. The van der Waals surface area contributed by atoms with Gasteiger partial charge in [0.1, 0.15) is 4.99 Å². The van der Waals surface area contributed by atoms with Gasteiger partial charge >= 0.3 is 0 Å². The molecule has 1 heterocycles. The number of pyridine rings is 1. The van der Waals surface area contributed by atoms with Crippen LogP contribution in [0.3, 0.4) is 0 Å². The van der Waals surface area contributed by atoms with Crippen molar-refractivity contribution >= 4 is 17.2 Å². The maximum atomic E-state index is 5.68. The molecule has 104 valence electrons. The second-order valence-electron chi connectivity index (χ2n) is 4.69. The van der Waals surface area contributed by atoms with Gasteiger partial charge in [-0.05, 0) is 30.3 Å². The van der Waals surface area contributed by atoms with E-state index in [1.165, 1.54) is 5.56 Å². The Morgan fingerprint density at radius 3 is 2.70 bits per heavy atom. The van der Waals surface area contributed by atoms with Crippen LogP contribution >= 0.6 is 12.2 Å². The summed E-state index contributed by atoms with van der Waals surface area (Å²) in [5.41, 5.74) is 8.90. The molecule has 0 atom stereocenters. The number of nitrogens with zero attached hydrogens (tertiary/aromatic N) is 2. The Bertz CT molecular complexity index is 569. The molecule has 3 nitrogen and oxygen atoms in total. The summed E-state index contributed by atoms with van der Waals surface area (Å²) in [6.07, 6.45) is 1.83. The van der Waals surface area contributed by atoms with Crippen LogP contribution in [0.25, 0.3) is 0 Å². The third-order valence-corrected chi connectivity index (χ3v) is 3.41. The van der Waals surface area contributed by atoms with Gasteiger partial charge < -0.3 is 5.73 Å². The van der Waals surface area contributed by atoms with Crippen LogP contribution < -0.4 is 5.73 Å². The van der Waals surface area contributed by atoms with Crippen LogP contribution in [0, 0.1) is 0 Å². The van der Waals surface area contributed by atoms with Gasteiger partial charge in [0.15, 0.2) is 0 Å². The van der Waals surface area contributed by atoms with Crippen molar-refractivity contribution in [2.24, 2.45) is 5.73 Å². The van der Waals surface area contributed by atoms with Gasteiger partial charge in [0.05, 0.1) is 5.69 Å². The molecule has 0 saturated heterocycles. The minimum Gasteiger partial charge on any atom is -0.389 e. The van der Waals surface area contributed by atoms with Gasteiger partial charge in [0.25, 0.3) is 0 Å². The molecule has 0 fully saturated rings. The Kier molecular flexibility index (Phi) is 5.21. The van der Waals surface area contributed by atoms with Gasteiger partial charge in [-0.25, -0.2) is 0 Å². The molecule has 0 unspecified atom stereocenters. The molecule has 0 saturated carbocycles. The van der Waals surface area contributed by atoms with Crippen LogP contribution in [0.2, 0.25) is 0 Å². The largest absolute Gasteiger partial charge is 0.389 e. The number of thiocarbonyl (C=S) groups is 1. The second-order valence-corrected chi connectivity index (χ2v) is 5.13. The lowest BCUT2D eigenvalue weighted by molar-refractivity contribution is 0.268. The lowest BCUT2D eigenvalue weighted by Gasteiger charge is -2.20. The Balaban J connectivity index is 2.06. The molecular weight excluding hydrogens is 266 g/mol. The molecule has 2 rings (SSSR count). The summed E-state index contributed by atoms with van der Waals surface area (Å²) in [4.78, 5) is 7.15. The van der Waals surface area contributed by atoms with Crippen LogP contribution in [0.4, 0.5) is 0 Å². The first-order chi connectivity index (χ1) is 9.69. The predicted octanol–water partition coefficient (Wildman–Crippen LogP) is 2.74. The predicted molar refractivity (Wildman–Crippen MR) is 86.4 cm³/mol. The van der Waals surface area contributed by atoms with Crippen LogP contribution in [0.5, 0.6) is 0 Å². The quantitative estimate of drug-likeness (QED) is 0.829. The van der Waals surface area contributed by atoms with Gasteiger partial charge in [0.2, 0.25) is 0 Å². The third kappa shape index (κ3) is 4.11. The normalized spacial score (nSPS) is 10.7. The summed E-state index contributed by atoms with van der Waals surface area (Å²) >= 11 is 5.02. The number of hydrogen-bond acceptors (Lipinski definition) is 3. The topological polar surface area (TPSA) is 42.1 Å². The molecule has 1 aromatic carbocycles. The second kappa shape index (κ2) is 7.12. The molecule has 0 aliphatic heterocycles. The summed E-state index contributed by atoms with van der Waals surface area (Å²) < 4.78 is 0. The molecule has 0 amide bonds. The van der Waals surface area contributed by atoms with Crippen molar-refractivity contribution in [1.82, 2.24) is 9.88 Å². The van der Waals surface area contributed by atoms with Crippen molar-refractivity contribution in [2.45, 2.75) is 20.0 Å². The molecule has 20 heavy (non-hydrogen) atoms. The molecule has 4 heteroatoms. The van der Waals surface area contributed by atoms with Crippen LogP contribution in [0.1, 0.15) is 23.7 Å². The number of nitrogens with two attached hydrogens (primary N) is 1. The molecule has 1 aromatic heterocycles. The van der Waals surface area contributed by atoms with E-state index in [-0.39, 0.29) is 0 Å². The monoisotopic (exact) mass is 285 g/mol.